The Bertz CT molecular complexity index is 387. The monoisotopic (exact) mass is 208 g/mol. The van der Waals surface area contributed by atoms with E-state index in [0.717, 1.165) is 17.6 Å². The third-order valence-electron chi connectivity index (χ3n) is 1.73. The Morgan fingerprint density at radius 1 is 1.23 bits per heavy atom. The molecule has 0 unspecified atom stereocenters. The first-order chi connectivity index (χ1) is 6.38. The Morgan fingerprint density at radius 2 is 2.15 bits per heavy atom. The van der Waals surface area contributed by atoms with E-state index in [1.807, 2.05) is 18.2 Å². The van der Waals surface area contributed by atoms with Gasteiger partial charge in [-0.1, -0.05) is 6.07 Å². The fraction of sp³-hybridized carbons (Fsp3) is 0.100. The van der Waals surface area contributed by atoms with Crippen molar-refractivity contribution in [2.75, 3.05) is 0 Å². The van der Waals surface area contributed by atoms with Crippen molar-refractivity contribution in [3.8, 4) is 0 Å². The summed E-state index contributed by atoms with van der Waals surface area (Å²) in [5.74, 6) is 0. The highest BCUT2D eigenvalue weighted by Gasteiger charge is 2.00. The number of carbonyl (C=O) groups is 1. The summed E-state index contributed by atoms with van der Waals surface area (Å²) in [6, 6.07) is 8.06. The maximum Gasteiger partial charge on any atom is 0.160 e. The molecular weight excluding hydrogens is 200 g/mol. The molecule has 2 aromatic heterocycles. The normalized spacial score (nSPS) is 10.2. The Morgan fingerprint density at radius 3 is 2.77 bits per heavy atom. The van der Waals surface area contributed by atoms with Crippen LogP contribution in [0.5, 0.6) is 0 Å². The van der Waals surface area contributed by atoms with E-state index in [0.29, 0.717) is 0 Å². The maximum absolute atomic E-state index is 10.4. The van der Waals surface area contributed by atoms with Gasteiger partial charge in [0.25, 0.3) is 0 Å². The first-order valence-corrected chi connectivity index (χ1v) is 5.64. The number of aldehydes is 1. The van der Waals surface area contributed by atoms with Gasteiger partial charge in [0, 0.05) is 16.2 Å². The van der Waals surface area contributed by atoms with Gasteiger partial charge in [0.2, 0.25) is 0 Å². The highest BCUT2D eigenvalue weighted by Crippen LogP contribution is 2.20. The highest BCUT2D eigenvalue weighted by atomic mass is 32.1. The lowest BCUT2D eigenvalue weighted by Crippen LogP contribution is -1.76. The van der Waals surface area contributed by atoms with Crippen LogP contribution < -0.4 is 0 Å². The van der Waals surface area contributed by atoms with Crippen LogP contribution in [0.4, 0.5) is 0 Å². The van der Waals surface area contributed by atoms with Gasteiger partial charge in [0.15, 0.2) is 6.29 Å². The highest BCUT2D eigenvalue weighted by molar-refractivity contribution is 7.14. The minimum Gasteiger partial charge on any atom is -0.297 e. The number of rotatable bonds is 3. The molecule has 2 heterocycles. The second kappa shape index (κ2) is 3.85. The van der Waals surface area contributed by atoms with Gasteiger partial charge >= 0.3 is 0 Å². The second-order valence-corrected chi connectivity index (χ2v) is 4.91. The van der Waals surface area contributed by atoms with E-state index in [1.54, 1.807) is 22.7 Å². The van der Waals surface area contributed by atoms with E-state index >= 15 is 0 Å². The molecule has 0 bridgehead atoms. The Kier molecular flexibility index (Phi) is 2.57. The molecule has 13 heavy (non-hydrogen) atoms. The van der Waals surface area contributed by atoms with E-state index in [1.165, 1.54) is 9.75 Å². The van der Waals surface area contributed by atoms with Crippen LogP contribution >= 0.6 is 22.7 Å². The van der Waals surface area contributed by atoms with Gasteiger partial charge < -0.3 is 0 Å². The first-order valence-electron chi connectivity index (χ1n) is 3.95. The van der Waals surface area contributed by atoms with Crippen LogP contribution in [0, 0.1) is 0 Å². The third-order valence-corrected chi connectivity index (χ3v) is 3.61. The van der Waals surface area contributed by atoms with Crippen molar-refractivity contribution >= 4 is 29.0 Å². The van der Waals surface area contributed by atoms with Gasteiger partial charge in [-0.05, 0) is 23.6 Å². The lowest BCUT2D eigenvalue weighted by atomic mass is 10.3. The van der Waals surface area contributed by atoms with Crippen molar-refractivity contribution in [3.05, 3.63) is 44.3 Å². The SMILES string of the molecule is O=Cc1ccc(Cc2cccs2)s1. The maximum atomic E-state index is 10.4. The average molecular weight is 208 g/mol. The zero-order chi connectivity index (χ0) is 9.10. The smallest absolute Gasteiger partial charge is 0.160 e. The molecule has 0 aromatic carbocycles. The molecule has 66 valence electrons. The molecule has 2 rings (SSSR count). The van der Waals surface area contributed by atoms with E-state index in [2.05, 4.69) is 11.4 Å². The van der Waals surface area contributed by atoms with Crippen LogP contribution in [0.25, 0.3) is 0 Å². The van der Waals surface area contributed by atoms with Gasteiger partial charge in [-0.3, -0.25) is 4.79 Å². The fourth-order valence-electron chi connectivity index (χ4n) is 1.14. The van der Waals surface area contributed by atoms with Crippen molar-refractivity contribution in [2.24, 2.45) is 0 Å². The van der Waals surface area contributed by atoms with Crippen molar-refractivity contribution in [1.29, 1.82) is 0 Å². The largest absolute Gasteiger partial charge is 0.297 e. The molecule has 0 N–H and O–H groups in total. The van der Waals surface area contributed by atoms with Crippen LogP contribution in [-0.2, 0) is 6.42 Å². The summed E-state index contributed by atoms with van der Waals surface area (Å²) in [7, 11) is 0. The van der Waals surface area contributed by atoms with Crippen LogP contribution in [0.2, 0.25) is 0 Å². The Hall–Kier alpha value is -0.930. The summed E-state index contributed by atoms with van der Waals surface area (Å²) in [6.07, 6.45) is 1.86. The molecular formula is C10H8OS2. The zero-order valence-corrected chi connectivity index (χ0v) is 8.53. The molecule has 0 spiro atoms. The van der Waals surface area contributed by atoms with Crippen LogP contribution in [-0.4, -0.2) is 6.29 Å². The summed E-state index contributed by atoms with van der Waals surface area (Å²) in [5, 5.41) is 2.07. The first kappa shape index (κ1) is 8.66. The van der Waals surface area contributed by atoms with E-state index in [4.69, 9.17) is 0 Å². The number of hydrogen-bond acceptors (Lipinski definition) is 3. The molecule has 2 aromatic rings. The van der Waals surface area contributed by atoms with Crippen LogP contribution in [0.1, 0.15) is 19.4 Å². The molecule has 3 heteroatoms. The topological polar surface area (TPSA) is 17.1 Å². The molecule has 0 aliphatic heterocycles. The van der Waals surface area contributed by atoms with Gasteiger partial charge in [0.05, 0.1) is 4.88 Å². The van der Waals surface area contributed by atoms with E-state index in [9.17, 15) is 4.79 Å². The summed E-state index contributed by atoms with van der Waals surface area (Å²) >= 11 is 3.32. The van der Waals surface area contributed by atoms with E-state index in [-0.39, 0.29) is 0 Å². The summed E-state index contributed by atoms with van der Waals surface area (Å²) in [4.78, 5) is 13.8. The van der Waals surface area contributed by atoms with Gasteiger partial charge in [-0.25, -0.2) is 0 Å². The van der Waals surface area contributed by atoms with Crippen molar-refractivity contribution in [1.82, 2.24) is 0 Å². The molecule has 0 atom stereocenters. The Labute approximate surface area is 84.7 Å². The lowest BCUT2D eigenvalue weighted by molar-refractivity contribution is 0.112. The third kappa shape index (κ3) is 2.05. The molecule has 0 radical (unpaired) electrons. The minimum absolute atomic E-state index is 0.812. The fourth-order valence-corrected chi connectivity index (χ4v) is 2.81. The summed E-state index contributed by atoms with van der Waals surface area (Å²) in [5.41, 5.74) is 0. The predicted molar refractivity (Wildman–Crippen MR) is 56.8 cm³/mol. The molecule has 0 aliphatic rings. The standard InChI is InChI=1S/C10H8OS2/c11-7-10-4-3-9(13-10)6-8-2-1-5-12-8/h1-5,7H,6H2. The summed E-state index contributed by atoms with van der Waals surface area (Å²) in [6.45, 7) is 0. The lowest BCUT2D eigenvalue weighted by Gasteiger charge is -1.90. The van der Waals surface area contributed by atoms with Crippen molar-refractivity contribution < 1.29 is 4.79 Å². The van der Waals surface area contributed by atoms with Crippen molar-refractivity contribution in [2.45, 2.75) is 6.42 Å². The molecule has 0 aliphatic carbocycles. The number of thiophene rings is 2. The zero-order valence-electron chi connectivity index (χ0n) is 6.90. The minimum atomic E-state index is 0.812. The quantitative estimate of drug-likeness (QED) is 0.708. The second-order valence-electron chi connectivity index (χ2n) is 2.68. The Balaban J connectivity index is 2.14. The predicted octanol–water partition coefficient (Wildman–Crippen LogP) is 3.21. The molecule has 0 fully saturated rings. The van der Waals surface area contributed by atoms with Gasteiger partial charge in [-0.15, -0.1) is 22.7 Å². The summed E-state index contributed by atoms with van der Waals surface area (Å²) < 4.78 is 0. The number of carbonyl (C=O) groups excluding carboxylic acids is 1. The van der Waals surface area contributed by atoms with Gasteiger partial charge in [0.1, 0.15) is 0 Å². The van der Waals surface area contributed by atoms with Crippen molar-refractivity contribution in [3.63, 3.8) is 0 Å². The molecule has 0 saturated carbocycles. The van der Waals surface area contributed by atoms with Crippen LogP contribution in [0.15, 0.2) is 29.6 Å². The number of hydrogen-bond donors (Lipinski definition) is 0. The molecule has 0 amide bonds. The van der Waals surface area contributed by atoms with E-state index < -0.39 is 0 Å². The average Bonchev–Trinajstić information content (AvgIpc) is 2.76. The van der Waals surface area contributed by atoms with Crippen LogP contribution in [0.3, 0.4) is 0 Å². The van der Waals surface area contributed by atoms with Gasteiger partial charge in [-0.2, -0.15) is 0 Å². The molecule has 0 saturated heterocycles. The molecule has 1 nitrogen and oxygen atoms in total.